The summed E-state index contributed by atoms with van der Waals surface area (Å²) in [7, 11) is 0. The lowest BCUT2D eigenvalue weighted by atomic mass is 9.80. The SMILES string of the molecule is CC(C)(C)c1cc(C(C)(C)C)c2oc(-c3ccc(-c4ccccc4-c4ccccc4-c4ccc(N(c5ccccc5)c5ccccc5)cc4)cc3)nc2c1. The van der Waals surface area contributed by atoms with Gasteiger partial charge in [0.25, 0.3) is 0 Å². The van der Waals surface area contributed by atoms with Gasteiger partial charge in [0.2, 0.25) is 5.89 Å². The average molecular weight is 703 g/mol. The normalized spacial score (nSPS) is 11.9. The number of anilines is 3. The van der Waals surface area contributed by atoms with Gasteiger partial charge in [-0.15, -0.1) is 0 Å². The zero-order chi connectivity index (χ0) is 37.5. The van der Waals surface area contributed by atoms with Crippen LogP contribution in [0.25, 0.3) is 55.9 Å². The molecule has 3 nitrogen and oxygen atoms in total. The van der Waals surface area contributed by atoms with Gasteiger partial charge in [-0.25, -0.2) is 4.98 Å². The molecule has 7 aromatic carbocycles. The topological polar surface area (TPSA) is 29.3 Å². The number of para-hydroxylation sites is 2. The summed E-state index contributed by atoms with van der Waals surface area (Å²) < 4.78 is 6.54. The molecule has 0 aliphatic heterocycles. The minimum atomic E-state index is -0.0765. The Balaban J connectivity index is 1.13. The van der Waals surface area contributed by atoms with Crippen LogP contribution in [0.1, 0.15) is 52.7 Å². The summed E-state index contributed by atoms with van der Waals surface area (Å²) in [5, 5.41) is 0. The molecule has 266 valence electrons. The molecule has 0 aliphatic rings. The van der Waals surface area contributed by atoms with Crippen LogP contribution in [0, 0.1) is 0 Å². The second-order valence-electron chi connectivity index (χ2n) is 16.1. The Morgan fingerprint density at radius 2 is 0.852 bits per heavy atom. The molecule has 0 saturated heterocycles. The highest BCUT2D eigenvalue weighted by atomic mass is 16.3. The summed E-state index contributed by atoms with van der Waals surface area (Å²) in [6.07, 6.45) is 0. The first kappa shape index (κ1) is 34.9. The van der Waals surface area contributed by atoms with E-state index in [-0.39, 0.29) is 10.8 Å². The fraction of sp³-hybridized carbons (Fsp3) is 0.157. The monoisotopic (exact) mass is 702 g/mol. The van der Waals surface area contributed by atoms with Crippen molar-refractivity contribution in [1.29, 1.82) is 0 Å². The van der Waals surface area contributed by atoms with Gasteiger partial charge in [0.1, 0.15) is 5.52 Å². The van der Waals surface area contributed by atoms with E-state index >= 15 is 0 Å². The van der Waals surface area contributed by atoms with Crippen LogP contribution >= 0.6 is 0 Å². The van der Waals surface area contributed by atoms with Crippen LogP contribution < -0.4 is 4.90 Å². The third-order valence-corrected chi connectivity index (χ3v) is 10.2. The molecular weight excluding hydrogens is 657 g/mol. The lowest BCUT2D eigenvalue weighted by Gasteiger charge is -2.25. The zero-order valence-electron chi connectivity index (χ0n) is 32.0. The lowest BCUT2D eigenvalue weighted by molar-refractivity contribution is 0.552. The van der Waals surface area contributed by atoms with Crippen molar-refractivity contribution in [2.75, 3.05) is 4.90 Å². The predicted octanol–water partition coefficient (Wildman–Crippen LogP) is 14.6. The third kappa shape index (κ3) is 6.86. The molecule has 0 fully saturated rings. The molecule has 1 aromatic heterocycles. The largest absolute Gasteiger partial charge is 0.436 e. The van der Waals surface area contributed by atoms with E-state index in [1.54, 1.807) is 0 Å². The van der Waals surface area contributed by atoms with E-state index < -0.39 is 0 Å². The molecule has 0 atom stereocenters. The van der Waals surface area contributed by atoms with E-state index in [4.69, 9.17) is 9.40 Å². The number of benzene rings is 7. The first-order chi connectivity index (χ1) is 26.0. The van der Waals surface area contributed by atoms with Gasteiger partial charge >= 0.3 is 0 Å². The molecule has 0 radical (unpaired) electrons. The zero-order valence-corrected chi connectivity index (χ0v) is 32.0. The number of hydrogen-bond acceptors (Lipinski definition) is 3. The fourth-order valence-corrected chi connectivity index (χ4v) is 7.27. The molecule has 54 heavy (non-hydrogen) atoms. The molecule has 0 saturated carbocycles. The van der Waals surface area contributed by atoms with Gasteiger partial charge in [-0.05, 0) is 104 Å². The van der Waals surface area contributed by atoms with Crippen molar-refractivity contribution in [3.8, 4) is 44.8 Å². The molecule has 1 heterocycles. The second kappa shape index (κ2) is 14.0. The van der Waals surface area contributed by atoms with Crippen LogP contribution in [0.15, 0.2) is 174 Å². The highest BCUT2D eigenvalue weighted by molar-refractivity contribution is 5.92. The van der Waals surface area contributed by atoms with Crippen molar-refractivity contribution in [3.63, 3.8) is 0 Å². The molecule has 0 amide bonds. The Morgan fingerprint density at radius 3 is 1.33 bits per heavy atom. The molecular formula is C51H46N2O. The second-order valence-corrected chi connectivity index (χ2v) is 16.1. The van der Waals surface area contributed by atoms with Crippen LogP contribution in [0.3, 0.4) is 0 Å². The van der Waals surface area contributed by atoms with E-state index in [2.05, 4.69) is 216 Å². The minimum Gasteiger partial charge on any atom is -0.436 e. The van der Waals surface area contributed by atoms with Crippen LogP contribution in [-0.2, 0) is 10.8 Å². The van der Waals surface area contributed by atoms with Crippen molar-refractivity contribution in [2.45, 2.75) is 52.4 Å². The molecule has 3 heteroatoms. The van der Waals surface area contributed by atoms with Gasteiger partial charge in [0, 0.05) is 28.2 Å². The number of aromatic nitrogens is 1. The predicted molar refractivity (Wildman–Crippen MR) is 228 cm³/mol. The summed E-state index contributed by atoms with van der Waals surface area (Å²) >= 11 is 0. The Hall–Kier alpha value is -6.19. The maximum absolute atomic E-state index is 6.54. The molecule has 0 spiro atoms. The summed E-state index contributed by atoms with van der Waals surface area (Å²) in [6, 6.07) is 60.5. The van der Waals surface area contributed by atoms with Crippen molar-refractivity contribution < 1.29 is 4.42 Å². The summed E-state index contributed by atoms with van der Waals surface area (Å²) in [5.74, 6) is 0.647. The van der Waals surface area contributed by atoms with Crippen molar-refractivity contribution in [1.82, 2.24) is 4.98 Å². The number of rotatable bonds is 7. The Morgan fingerprint density at radius 1 is 0.426 bits per heavy atom. The van der Waals surface area contributed by atoms with Crippen molar-refractivity contribution >= 4 is 28.2 Å². The van der Waals surface area contributed by atoms with Crippen molar-refractivity contribution in [2.24, 2.45) is 0 Å². The maximum atomic E-state index is 6.54. The quantitative estimate of drug-likeness (QED) is 0.166. The van der Waals surface area contributed by atoms with E-state index in [0.29, 0.717) is 5.89 Å². The smallest absolute Gasteiger partial charge is 0.227 e. The van der Waals surface area contributed by atoms with Gasteiger partial charge in [-0.3, -0.25) is 0 Å². The van der Waals surface area contributed by atoms with E-state index in [9.17, 15) is 0 Å². The number of nitrogens with zero attached hydrogens (tertiary/aromatic N) is 2. The standard InChI is InChI=1S/C51H46N2O/c1-50(2,3)38-33-46(51(4,5)6)48-47(34-38)52-49(54-48)37-27-25-35(26-28-37)42-21-13-15-23-44(42)45-24-16-14-22-43(45)36-29-31-41(32-30-36)53(39-17-9-7-10-18-39)40-19-11-8-12-20-40/h7-34H,1-6H3. The van der Waals surface area contributed by atoms with Crippen molar-refractivity contribution in [3.05, 3.63) is 181 Å². The Labute approximate surface area is 319 Å². The van der Waals surface area contributed by atoms with Gasteiger partial charge in [0.05, 0.1) is 0 Å². The third-order valence-electron chi connectivity index (χ3n) is 10.2. The first-order valence-electron chi connectivity index (χ1n) is 18.8. The highest BCUT2D eigenvalue weighted by Gasteiger charge is 2.26. The molecule has 8 rings (SSSR count). The molecule has 0 bridgehead atoms. The molecule has 8 aromatic rings. The van der Waals surface area contributed by atoms with Gasteiger partial charge in [-0.2, -0.15) is 0 Å². The Bertz CT molecular complexity index is 2490. The average Bonchev–Trinajstić information content (AvgIpc) is 3.63. The first-order valence-corrected chi connectivity index (χ1v) is 18.8. The van der Waals surface area contributed by atoms with Gasteiger partial charge in [-0.1, -0.05) is 157 Å². The molecule has 0 aliphatic carbocycles. The van der Waals surface area contributed by atoms with E-state index in [1.165, 1.54) is 38.9 Å². The molecule has 0 unspecified atom stereocenters. The van der Waals surface area contributed by atoms with Crippen LogP contribution in [0.5, 0.6) is 0 Å². The number of hydrogen-bond donors (Lipinski definition) is 0. The van der Waals surface area contributed by atoms with Crippen LogP contribution in [-0.4, -0.2) is 4.98 Å². The summed E-state index contributed by atoms with van der Waals surface area (Å²) in [6.45, 7) is 13.5. The van der Waals surface area contributed by atoms with E-state index in [1.807, 2.05) is 0 Å². The number of fused-ring (bicyclic) bond motifs is 1. The highest BCUT2D eigenvalue weighted by Crippen LogP contribution is 2.42. The number of oxazole rings is 1. The van der Waals surface area contributed by atoms with Gasteiger partial charge in [0.15, 0.2) is 5.58 Å². The van der Waals surface area contributed by atoms with Gasteiger partial charge < -0.3 is 9.32 Å². The minimum absolute atomic E-state index is 0.0103. The molecule has 0 N–H and O–H groups in total. The fourth-order valence-electron chi connectivity index (χ4n) is 7.27. The summed E-state index contributed by atoms with van der Waals surface area (Å²) in [4.78, 5) is 7.32. The van der Waals surface area contributed by atoms with E-state index in [0.717, 1.165) is 39.3 Å². The summed E-state index contributed by atoms with van der Waals surface area (Å²) in [5.41, 5.74) is 15.5. The lowest BCUT2D eigenvalue weighted by Crippen LogP contribution is -2.16. The van der Waals surface area contributed by atoms with Crippen LogP contribution in [0.2, 0.25) is 0 Å². The van der Waals surface area contributed by atoms with Crippen LogP contribution in [0.4, 0.5) is 17.1 Å². The Kier molecular flexibility index (Phi) is 9.03. The maximum Gasteiger partial charge on any atom is 0.227 e.